The highest BCUT2D eigenvalue weighted by atomic mass is 28.3. The molecule has 0 saturated heterocycles. The fourth-order valence-electron chi connectivity index (χ4n) is 11.9. The van der Waals surface area contributed by atoms with Crippen LogP contribution in [-0.4, -0.2) is 8.07 Å². The van der Waals surface area contributed by atoms with Crippen LogP contribution in [0.25, 0.3) is 0 Å². The average molecular weight is 575 g/mol. The molecule has 0 aromatic rings. The summed E-state index contributed by atoms with van der Waals surface area (Å²) in [5.74, 6) is 9.64. The summed E-state index contributed by atoms with van der Waals surface area (Å²) in [6.07, 6.45) is 17.5. The van der Waals surface area contributed by atoms with Crippen LogP contribution >= 0.6 is 0 Å². The second-order valence-electron chi connectivity index (χ2n) is 18.4. The minimum atomic E-state index is -1.77. The third-order valence-corrected chi connectivity index (χ3v) is 20.8. The second-order valence-corrected chi connectivity index (χ2v) is 23.2. The van der Waals surface area contributed by atoms with E-state index in [1.165, 1.54) is 12.5 Å². The maximum Gasteiger partial charge on any atom is 0.0584 e. The van der Waals surface area contributed by atoms with E-state index in [0.29, 0.717) is 23.7 Å². The van der Waals surface area contributed by atoms with Gasteiger partial charge in [-0.25, -0.2) is 0 Å². The molecule has 0 bridgehead atoms. The molecule has 5 aliphatic rings. The number of hydrogen-bond donors (Lipinski definition) is 0. The van der Waals surface area contributed by atoms with E-state index in [0.717, 1.165) is 58.4 Å². The van der Waals surface area contributed by atoms with Crippen LogP contribution < -0.4 is 0 Å². The summed E-state index contributed by atoms with van der Waals surface area (Å²) in [6.45, 7) is 36.0. The van der Waals surface area contributed by atoms with E-state index in [9.17, 15) is 0 Å². The topological polar surface area (TPSA) is 0 Å². The van der Waals surface area contributed by atoms with Gasteiger partial charge in [-0.15, -0.1) is 0 Å². The molecule has 1 heteroatoms. The lowest BCUT2D eigenvalue weighted by atomic mass is 9.58. The standard InChI is InChI=1S/C40H66Si/c1-15-20-41(14,37-28(7)27(6)35-25(4)23(2)24(3)26(5)36(35)37)38-33-21-29(39(8,9)10)16-18-31(33)32-19-17-30(22-34(32)38)40(11,12)13/h16-19,21-28,31-38H,15,20H2,1-14H3. The van der Waals surface area contributed by atoms with Gasteiger partial charge in [-0.1, -0.05) is 145 Å². The summed E-state index contributed by atoms with van der Waals surface area (Å²) in [4.78, 5) is 0. The zero-order valence-corrected chi connectivity index (χ0v) is 30.5. The van der Waals surface area contributed by atoms with Gasteiger partial charge in [0.15, 0.2) is 0 Å². The first-order valence-electron chi connectivity index (χ1n) is 17.8. The molecule has 14 atom stereocenters. The molecular weight excluding hydrogens is 509 g/mol. The molecule has 0 spiro atoms. The van der Waals surface area contributed by atoms with E-state index in [1.807, 2.05) is 0 Å². The summed E-state index contributed by atoms with van der Waals surface area (Å²) < 4.78 is 0. The molecule has 3 saturated carbocycles. The van der Waals surface area contributed by atoms with Crippen molar-refractivity contribution in [2.75, 3.05) is 0 Å². The highest BCUT2D eigenvalue weighted by Gasteiger charge is 2.65. The number of hydrogen-bond acceptors (Lipinski definition) is 0. The fraction of sp³-hybridized carbons (Fsp3) is 0.800. The van der Waals surface area contributed by atoms with Gasteiger partial charge < -0.3 is 0 Å². The van der Waals surface area contributed by atoms with Crippen LogP contribution in [0.1, 0.15) is 96.4 Å². The summed E-state index contributed by atoms with van der Waals surface area (Å²) in [5, 5.41) is 0. The molecule has 14 unspecified atom stereocenters. The lowest BCUT2D eigenvalue weighted by Crippen LogP contribution is -2.52. The van der Waals surface area contributed by atoms with E-state index in [-0.39, 0.29) is 10.8 Å². The van der Waals surface area contributed by atoms with Gasteiger partial charge in [-0.05, 0) is 104 Å². The Bertz CT molecular complexity index is 1050. The number of rotatable bonds is 4. The van der Waals surface area contributed by atoms with E-state index in [4.69, 9.17) is 0 Å². The maximum absolute atomic E-state index is 2.96. The average Bonchev–Trinajstić information content (AvgIpc) is 3.36. The van der Waals surface area contributed by atoms with Crippen LogP contribution in [0.2, 0.25) is 23.7 Å². The molecule has 0 amide bonds. The second kappa shape index (κ2) is 10.7. The first-order valence-corrected chi connectivity index (χ1v) is 20.6. The largest absolute Gasteiger partial charge is 0.0799 e. The molecular formula is C40H66Si. The van der Waals surface area contributed by atoms with E-state index in [2.05, 4.69) is 133 Å². The van der Waals surface area contributed by atoms with Crippen molar-refractivity contribution in [3.8, 4) is 0 Å². The smallest absolute Gasteiger partial charge is 0.0584 e. The molecule has 0 aromatic carbocycles. The van der Waals surface area contributed by atoms with Gasteiger partial charge in [0.25, 0.3) is 0 Å². The predicted octanol–water partition coefficient (Wildman–Crippen LogP) is 11.9. The summed E-state index contributed by atoms with van der Waals surface area (Å²) in [5.41, 5.74) is 5.37. The lowest BCUT2D eigenvalue weighted by molar-refractivity contribution is 0.0134. The number of allylic oxidation sites excluding steroid dienone is 8. The third kappa shape index (κ3) is 4.89. The van der Waals surface area contributed by atoms with Crippen LogP contribution in [0.5, 0.6) is 0 Å². The Morgan fingerprint density at radius 1 is 0.561 bits per heavy atom. The molecule has 230 valence electrons. The zero-order chi connectivity index (χ0) is 30.4. The molecule has 41 heavy (non-hydrogen) atoms. The van der Waals surface area contributed by atoms with E-state index < -0.39 is 8.07 Å². The van der Waals surface area contributed by atoms with Crippen molar-refractivity contribution >= 4 is 8.07 Å². The van der Waals surface area contributed by atoms with Gasteiger partial charge in [0.05, 0.1) is 8.07 Å². The van der Waals surface area contributed by atoms with Crippen molar-refractivity contribution in [2.45, 2.75) is 120 Å². The van der Waals surface area contributed by atoms with Crippen LogP contribution in [0.15, 0.2) is 47.6 Å². The minimum absolute atomic E-state index is 0.212. The Hall–Kier alpha value is -0.823. The fourth-order valence-corrected chi connectivity index (χ4v) is 19.4. The van der Waals surface area contributed by atoms with Crippen molar-refractivity contribution in [1.29, 1.82) is 0 Å². The van der Waals surface area contributed by atoms with Gasteiger partial charge in [0.2, 0.25) is 0 Å². The van der Waals surface area contributed by atoms with Crippen molar-refractivity contribution in [2.24, 2.45) is 81.8 Å². The van der Waals surface area contributed by atoms with Gasteiger partial charge in [-0.3, -0.25) is 0 Å². The summed E-state index contributed by atoms with van der Waals surface area (Å²) in [7, 11) is -1.77. The van der Waals surface area contributed by atoms with Crippen molar-refractivity contribution < 1.29 is 0 Å². The summed E-state index contributed by atoms with van der Waals surface area (Å²) >= 11 is 0. The Morgan fingerprint density at radius 2 is 0.976 bits per heavy atom. The molecule has 0 heterocycles. The first kappa shape index (κ1) is 31.6. The molecule has 5 aliphatic carbocycles. The SMILES string of the molecule is CCC[Si](C)(C1C2C=C(C(C)(C)C)C=CC2C2C=CC(C(C)(C)C)=CC21)C1C(C)C(C)C2C(C)C(C)C(C)C(C)C21. The molecule has 0 N–H and O–H groups in total. The molecule has 0 aromatic heterocycles. The lowest BCUT2D eigenvalue weighted by Gasteiger charge is -2.54. The highest BCUT2D eigenvalue weighted by molar-refractivity contribution is 6.82. The van der Waals surface area contributed by atoms with Gasteiger partial charge in [-0.2, -0.15) is 0 Å². The van der Waals surface area contributed by atoms with Gasteiger partial charge >= 0.3 is 0 Å². The first-order chi connectivity index (χ1) is 18.9. The number of fused-ring (bicyclic) bond motifs is 4. The summed E-state index contributed by atoms with van der Waals surface area (Å²) in [6, 6.07) is 1.50. The van der Waals surface area contributed by atoms with Crippen LogP contribution in [0.3, 0.4) is 0 Å². The van der Waals surface area contributed by atoms with Gasteiger partial charge in [0, 0.05) is 0 Å². The highest BCUT2D eigenvalue weighted by Crippen LogP contribution is 2.70. The van der Waals surface area contributed by atoms with E-state index in [1.54, 1.807) is 11.1 Å². The molecule has 5 rings (SSSR count). The third-order valence-electron chi connectivity index (χ3n) is 14.5. The van der Waals surface area contributed by atoms with E-state index >= 15 is 0 Å². The maximum atomic E-state index is 2.96. The minimum Gasteiger partial charge on any atom is -0.0799 e. The molecule has 0 nitrogen and oxygen atoms in total. The van der Waals surface area contributed by atoms with Gasteiger partial charge in [0.1, 0.15) is 0 Å². The van der Waals surface area contributed by atoms with Crippen molar-refractivity contribution in [3.05, 3.63) is 47.6 Å². The Morgan fingerprint density at radius 3 is 1.39 bits per heavy atom. The monoisotopic (exact) mass is 574 g/mol. The van der Waals surface area contributed by atoms with Crippen molar-refractivity contribution in [3.63, 3.8) is 0 Å². The Balaban J connectivity index is 1.69. The zero-order valence-electron chi connectivity index (χ0n) is 29.5. The molecule has 0 aliphatic heterocycles. The Kier molecular flexibility index (Phi) is 8.22. The predicted molar refractivity (Wildman–Crippen MR) is 183 cm³/mol. The quantitative estimate of drug-likeness (QED) is 0.293. The van der Waals surface area contributed by atoms with Crippen LogP contribution in [0, 0.1) is 81.8 Å². The molecule has 0 radical (unpaired) electrons. The normalized spacial score (nSPS) is 47.3. The molecule has 3 fully saturated rings. The Labute approximate surface area is 257 Å². The van der Waals surface area contributed by atoms with Crippen LogP contribution in [0.4, 0.5) is 0 Å². The van der Waals surface area contributed by atoms with Crippen LogP contribution in [-0.2, 0) is 0 Å². The van der Waals surface area contributed by atoms with Crippen molar-refractivity contribution in [1.82, 2.24) is 0 Å².